The highest BCUT2D eigenvalue weighted by Gasteiger charge is 2.32. The fourth-order valence-electron chi connectivity index (χ4n) is 3.56. The van der Waals surface area contributed by atoms with Crippen LogP contribution in [0.1, 0.15) is 50.4 Å². The summed E-state index contributed by atoms with van der Waals surface area (Å²) in [6, 6.07) is 6.24. The molecule has 1 unspecified atom stereocenters. The SMILES string of the molecule is CC(=O)N(CCc1noc(C(C)C)n1)C1CCN(C(=O)Cc2ccccc2F)C1. The fourth-order valence-corrected chi connectivity index (χ4v) is 3.56. The van der Waals surface area contributed by atoms with Crippen molar-refractivity contribution in [2.24, 2.45) is 0 Å². The zero-order valence-corrected chi connectivity index (χ0v) is 17.1. The van der Waals surface area contributed by atoms with Gasteiger partial charge in [0.15, 0.2) is 5.82 Å². The second-order valence-electron chi connectivity index (χ2n) is 7.72. The van der Waals surface area contributed by atoms with Gasteiger partial charge < -0.3 is 14.3 Å². The molecule has 0 radical (unpaired) electrons. The number of rotatable bonds is 7. The van der Waals surface area contributed by atoms with Gasteiger partial charge in [-0.2, -0.15) is 4.98 Å². The Morgan fingerprint density at radius 3 is 2.76 bits per heavy atom. The van der Waals surface area contributed by atoms with Gasteiger partial charge >= 0.3 is 0 Å². The molecule has 0 bridgehead atoms. The number of carbonyl (C=O) groups excluding carboxylic acids is 2. The van der Waals surface area contributed by atoms with Crippen LogP contribution in [0.15, 0.2) is 28.8 Å². The van der Waals surface area contributed by atoms with Crippen LogP contribution in [0.5, 0.6) is 0 Å². The highest BCUT2D eigenvalue weighted by Crippen LogP contribution is 2.19. The van der Waals surface area contributed by atoms with Gasteiger partial charge in [-0.25, -0.2) is 4.39 Å². The molecule has 1 fully saturated rings. The van der Waals surface area contributed by atoms with Crippen LogP contribution in [0, 0.1) is 5.82 Å². The number of nitrogens with zero attached hydrogens (tertiary/aromatic N) is 4. The predicted molar refractivity (Wildman–Crippen MR) is 105 cm³/mol. The molecule has 1 aromatic carbocycles. The minimum atomic E-state index is -0.372. The van der Waals surface area contributed by atoms with Crippen molar-refractivity contribution in [2.45, 2.75) is 52.0 Å². The molecule has 0 aliphatic carbocycles. The first kappa shape index (κ1) is 21.0. The van der Waals surface area contributed by atoms with Crippen molar-refractivity contribution in [3.63, 3.8) is 0 Å². The van der Waals surface area contributed by atoms with E-state index in [9.17, 15) is 14.0 Å². The molecule has 2 aromatic rings. The molecular weight excluding hydrogens is 375 g/mol. The van der Waals surface area contributed by atoms with Gasteiger partial charge in [0.1, 0.15) is 5.82 Å². The molecule has 156 valence electrons. The van der Waals surface area contributed by atoms with E-state index >= 15 is 0 Å². The molecule has 0 N–H and O–H groups in total. The van der Waals surface area contributed by atoms with E-state index in [0.717, 1.165) is 0 Å². The number of hydrogen-bond acceptors (Lipinski definition) is 5. The number of amides is 2. The van der Waals surface area contributed by atoms with E-state index in [1.807, 2.05) is 13.8 Å². The van der Waals surface area contributed by atoms with E-state index < -0.39 is 0 Å². The third-order valence-electron chi connectivity index (χ3n) is 5.21. The molecule has 3 rings (SSSR count). The molecule has 7 nitrogen and oxygen atoms in total. The Morgan fingerprint density at radius 2 is 2.10 bits per heavy atom. The molecule has 2 amide bonds. The van der Waals surface area contributed by atoms with Crippen LogP contribution in [0.25, 0.3) is 0 Å². The first-order valence-corrected chi connectivity index (χ1v) is 9.96. The molecular formula is C21H27FN4O3. The van der Waals surface area contributed by atoms with Gasteiger partial charge in [0, 0.05) is 38.9 Å². The van der Waals surface area contributed by atoms with E-state index in [-0.39, 0.29) is 36.0 Å². The van der Waals surface area contributed by atoms with Gasteiger partial charge in [-0.1, -0.05) is 37.2 Å². The summed E-state index contributed by atoms with van der Waals surface area (Å²) in [7, 11) is 0. The zero-order chi connectivity index (χ0) is 21.0. The molecule has 1 aromatic heterocycles. The van der Waals surface area contributed by atoms with Gasteiger partial charge in [0.2, 0.25) is 17.7 Å². The summed E-state index contributed by atoms with van der Waals surface area (Å²) in [4.78, 5) is 32.6. The number of benzene rings is 1. The summed E-state index contributed by atoms with van der Waals surface area (Å²) in [5, 5.41) is 3.97. The van der Waals surface area contributed by atoms with Crippen LogP contribution in [0.4, 0.5) is 4.39 Å². The molecule has 1 atom stereocenters. The number of aromatic nitrogens is 2. The summed E-state index contributed by atoms with van der Waals surface area (Å²) < 4.78 is 19.0. The van der Waals surface area contributed by atoms with Crippen molar-refractivity contribution in [1.82, 2.24) is 19.9 Å². The molecule has 1 saturated heterocycles. The second-order valence-corrected chi connectivity index (χ2v) is 7.72. The van der Waals surface area contributed by atoms with Gasteiger partial charge in [0.25, 0.3) is 0 Å². The number of hydrogen-bond donors (Lipinski definition) is 0. The lowest BCUT2D eigenvalue weighted by molar-refractivity contribution is -0.133. The van der Waals surface area contributed by atoms with Gasteiger partial charge in [-0.3, -0.25) is 9.59 Å². The fraction of sp³-hybridized carbons (Fsp3) is 0.524. The quantitative estimate of drug-likeness (QED) is 0.711. The van der Waals surface area contributed by atoms with Gasteiger partial charge in [0.05, 0.1) is 12.5 Å². The third kappa shape index (κ3) is 5.19. The molecule has 0 spiro atoms. The minimum Gasteiger partial charge on any atom is -0.340 e. The lowest BCUT2D eigenvalue weighted by atomic mass is 10.1. The molecule has 0 saturated carbocycles. The molecule has 1 aliphatic rings. The van der Waals surface area contributed by atoms with Crippen molar-refractivity contribution in [1.29, 1.82) is 0 Å². The molecule has 8 heteroatoms. The smallest absolute Gasteiger partial charge is 0.229 e. The Bertz CT molecular complexity index is 867. The summed E-state index contributed by atoms with van der Waals surface area (Å²) in [6.07, 6.45) is 1.22. The third-order valence-corrected chi connectivity index (χ3v) is 5.21. The van der Waals surface area contributed by atoms with E-state index in [1.54, 1.807) is 28.0 Å². The van der Waals surface area contributed by atoms with E-state index in [4.69, 9.17) is 4.52 Å². The van der Waals surface area contributed by atoms with Gasteiger partial charge in [-0.15, -0.1) is 0 Å². The van der Waals surface area contributed by atoms with Gasteiger partial charge in [-0.05, 0) is 18.1 Å². The van der Waals surface area contributed by atoms with Crippen molar-refractivity contribution >= 4 is 11.8 Å². The largest absolute Gasteiger partial charge is 0.340 e. The zero-order valence-electron chi connectivity index (χ0n) is 17.1. The van der Waals surface area contributed by atoms with Crippen molar-refractivity contribution in [3.05, 3.63) is 47.4 Å². The van der Waals surface area contributed by atoms with Crippen LogP contribution in [0.3, 0.4) is 0 Å². The average molecular weight is 402 g/mol. The number of carbonyl (C=O) groups is 2. The van der Waals surface area contributed by atoms with Crippen LogP contribution in [-0.2, 0) is 22.4 Å². The monoisotopic (exact) mass is 402 g/mol. The lowest BCUT2D eigenvalue weighted by Crippen LogP contribution is -2.43. The first-order chi connectivity index (χ1) is 13.8. The van der Waals surface area contributed by atoms with Crippen LogP contribution >= 0.6 is 0 Å². The second kappa shape index (κ2) is 9.15. The van der Waals surface area contributed by atoms with Crippen LogP contribution in [-0.4, -0.2) is 57.4 Å². The Hall–Kier alpha value is -2.77. The number of halogens is 1. The maximum Gasteiger partial charge on any atom is 0.229 e. The van der Waals surface area contributed by atoms with E-state index in [1.165, 1.54) is 13.0 Å². The van der Waals surface area contributed by atoms with Crippen LogP contribution < -0.4 is 0 Å². The van der Waals surface area contributed by atoms with Crippen molar-refractivity contribution in [3.8, 4) is 0 Å². The maximum atomic E-state index is 13.8. The average Bonchev–Trinajstić information content (AvgIpc) is 3.33. The predicted octanol–water partition coefficient (Wildman–Crippen LogP) is 2.57. The molecule has 29 heavy (non-hydrogen) atoms. The Labute approximate surface area is 169 Å². The maximum absolute atomic E-state index is 13.8. The normalized spacial score (nSPS) is 16.4. The number of likely N-dealkylation sites (tertiary alicyclic amines) is 1. The highest BCUT2D eigenvalue weighted by molar-refractivity contribution is 5.79. The Kier molecular flexibility index (Phi) is 6.61. The summed E-state index contributed by atoms with van der Waals surface area (Å²) in [5.41, 5.74) is 0.391. The lowest BCUT2D eigenvalue weighted by Gasteiger charge is -2.27. The Morgan fingerprint density at radius 1 is 1.34 bits per heavy atom. The summed E-state index contributed by atoms with van der Waals surface area (Å²) in [5.74, 6) is 0.768. The van der Waals surface area contributed by atoms with Crippen molar-refractivity contribution in [2.75, 3.05) is 19.6 Å². The summed E-state index contributed by atoms with van der Waals surface area (Å²) in [6.45, 7) is 6.96. The topological polar surface area (TPSA) is 79.5 Å². The van der Waals surface area contributed by atoms with E-state index in [0.29, 0.717) is 49.8 Å². The van der Waals surface area contributed by atoms with E-state index in [2.05, 4.69) is 10.1 Å². The first-order valence-electron chi connectivity index (χ1n) is 9.96. The highest BCUT2D eigenvalue weighted by atomic mass is 19.1. The minimum absolute atomic E-state index is 0.0281. The summed E-state index contributed by atoms with van der Waals surface area (Å²) >= 11 is 0. The van der Waals surface area contributed by atoms with Crippen LogP contribution in [0.2, 0.25) is 0 Å². The van der Waals surface area contributed by atoms with Crippen molar-refractivity contribution < 1.29 is 18.5 Å². The molecule has 2 heterocycles. The Balaban J connectivity index is 1.57. The molecule has 1 aliphatic heterocycles. The standard InChI is InChI=1S/C21H27FN4O3/c1-14(2)21-23-19(24-29-21)9-11-26(15(3)27)17-8-10-25(13-17)20(28)12-16-6-4-5-7-18(16)22/h4-7,14,17H,8-13H2,1-3H3.